The molecule has 0 radical (unpaired) electrons. The molecule has 0 aromatic rings. The van der Waals surface area contributed by atoms with E-state index in [-0.39, 0.29) is 24.4 Å². The maximum Gasteiger partial charge on any atom is 0.237 e. The lowest BCUT2D eigenvalue weighted by Gasteiger charge is -2.28. The lowest BCUT2D eigenvalue weighted by atomic mass is 10.1. The number of thioether (sulfide) groups is 2. The van der Waals surface area contributed by atoms with Crippen LogP contribution < -0.4 is 10.6 Å². The fourth-order valence-electron chi connectivity index (χ4n) is 1.50. The lowest BCUT2D eigenvalue weighted by molar-refractivity contribution is -0.124. The summed E-state index contributed by atoms with van der Waals surface area (Å²) in [5.74, 6) is 3.86. The summed E-state index contributed by atoms with van der Waals surface area (Å²) in [6, 6.07) is 0.0937. The fraction of sp³-hybridized carbons (Fsp3) is 0.889. The molecule has 2 heterocycles. The normalized spacial score (nSPS) is 29.9. The van der Waals surface area contributed by atoms with Crippen molar-refractivity contribution >= 4 is 41.8 Å². The van der Waals surface area contributed by atoms with Crippen molar-refractivity contribution < 1.29 is 4.79 Å². The van der Waals surface area contributed by atoms with Crippen LogP contribution in [0.2, 0.25) is 0 Å². The Morgan fingerprint density at radius 2 is 2.27 bits per heavy atom. The zero-order valence-corrected chi connectivity index (χ0v) is 11.0. The summed E-state index contributed by atoms with van der Waals surface area (Å²) in [6.07, 6.45) is 0.998. The van der Waals surface area contributed by atoms with Gasteiger partial charge in [-0.1, -0.05) is 0 Å². The topological polar surface area (TPSA) is 41.1 Å². The second-order valence-corrected chi connectivity index (χ2v) is 6.17. The Kier molecular flexibility index (Phi) is 6.19. The molecule has 2 saturated heterocycles. The second-order valence-electron chi connectivity index (χ2n) is 3.61. The minimum atomic E-state index is 0. The van der Waals surface area contributed by atoms with E-state index < -0.39 is 0 Å². The molecule has 2 aliphatic rings. The molecule has 0 spiro atoms. The van der Waals surface area contributed by atoms with Gasteiger partial charge in [0.05, 0.1) is 6.04 Å². The fourth-order valence-corrected chi connectivity index (χ4v) is 4.12. The van der Waals surface area contributed by atoms with Crippen molar-refractivity contribution in [3.05, 3.63) is 0 Å². The van der Waals surface area contributed by atoms with E-state index in [9.17, 15) is 4.79 Å². The van der Waals surface area contributed by atoms with Crippen LogP contribution in [-0.4, -0.2) is 47.5 Å². The van der Waals surface area contributed by atoms with Crippen molar-refractivity contribution in [3.8, 4) is 0 Å². The highest BCUT2D eigenvalue weighted by molar-refractivity contribution is 8.06. The van der Waals surface area contributed by atoms with Gasteiger partial charge in [0.25, 0.3) is 0 Å². The first kappa shape index (κ1) is 13.5. The molecule has 0 aromatic carbocycles. The van der Waals surface area contributed by atoms with Crippen LogP contribution >= 0.6 is 35.9 Å². The number of carbonyl (C=O) groups is 1. The van der Waals surface area contributed by atoms with Crippen molar-refractivity contribution in [3.63, 3.8) is 0 Å². The third kappa shape index (κ3) is 4.06. The number of halogens is 1. The van der Waals surface area contributed by atoms with Gasteiger partial charge < -0.3 is 10.6 Å². The molecule has 2 N–H and O–H groups in total. The summed E-state index contributed by atoms with van der Waals surface area (Å²) in [5, 5.41) is 6.75. The van der Waals surface area contributed by atoms with Gasteiger partial charge in [0.1, 0.15) is 0 Å². The first-order valence-electron chi connectivity index (χ1n) is 5.07. The summed E-state index contributed by atoms with van der Waals surface area (Å²) in [4.78, 5) is 11.5. The Hall–Kier alpha value is 0.420. The Labute approximate surface area is 105 Å². The van der Waals surface area contributed by atoms with E-state index in [0.29, 0.717) is 5.25 Å². The number of rotatable bonds is 3. The van der Waals surface area contributed by atoms with Crippen molar-refractivity contribution in [2.75, 3.05) is 30.3 Å². The van der Waals surface area contributed by atoms with Gasteiger partial charge in [-0.2, -0.15) is 23.5 Å². The van der Waals surface area contributed by atoms with Crippen LogP contribution in [0.3, 0.4) is 0 Å². The quantitative estimate of drug-likeness (QED) is 0.792. The molecular weight excluding hydrogens is 252 g/mol. The maximum atomic E-state index is 11.5. The van der Waals surface area contributed by atoms with Crippen LogP contribution in [0.25, 0.3) is 0 Å². The second kappa shape index (κ2) is 6.89. The Bertz CT molecular complexity index is 208. The third-order valence-corrected chi connectivity index (χ3v) is 5.37. The molecular formula is C9H17ClN2OS2. The average Bonchev–Trinajstić information content (AvgIpc) is 2.14. The number of hydrogen-bond donors (Lipinski definition) is 2. The molecule has 0 saturated carbocycles. The molecule has 2 rings (SSSR count). The van der Waals surface area contributed by atoms with Crippen LogP contribution in [0.1, 0.15) is 6.42 Å². The van der Waals surface area contributed by atoms with Crippen molar-refractivity contribution in [1.29, 1.82) is 0 Å². The summed E-state index contributed by atoms with van der Waals surface area (Å²) >= 11 is 3.98. The molecule has 3 nitrogen and oxygen atoms in total. The summed E-state index contributed by atoms with van der Waals surface area (Å²) in [7, 11) is 0. The maximum absolute atomic E-state index is 11.5. The number of carbonyl (C=O) groups excluding carboxylic acids is 1. The molecule has 0 aromatic heterocycles. The van der Waals surface area contributed by atoms with Gasteiger partial charge in [-0.3, -0.25) is 4.79 Å². The Morgan fingerprint density at radius 3 is 2.80 bits per heavy atom. The number of nitrogens with one attached hydrogen (secondary N) is 2. The summed E-state index contributed by atoms with van der Waals surface area (Å²) in [5.41, 5.74) is 0. The molecule has 0 aliphatic carbocycles. The average molecular weight is 269 g/mol. The first-order chi connectivity index (χ1) is 6.86. The highest BCUT2D eigenvalue weighted by Gasteiger charge is 2.25. The first-order valence-corrected chi connectivity index (χ1v) is 7.27. The molecule has 1 unspecified atom stereocenters. The molecule has 0 bridgehead atoms. The zero-order chi connectivity index (χ0) is 9.80. The molecule has 2 aliphatic heterocycles. The van der Waals surface area contributed by atoms with E-state index in [0.717, 1.165) is 19.5 Å². The lowest BCUT2D eigenvalue weighted by Crippen LogP contribution is -2.54. The molecule has 2 fully saturated rings. The van der Waals surface area contributed by atoms with E-state index in [4.69, 9.17) is 0 Å². The van der Waals surface area contributed by atoms with Gasteiger partial charge in [-0.15, -0.1) is 12.4 Å². The van der Waals surface area contributed by atoms with Crippen LogP contribution in [0.4, 0.5) is 0 Å². The summed E-state index contributed by atoms with van der Waals surface area (Å²) < 4.78 is 0. The molecule has 2 atom stereocenters. The standard InChI is InChI=1S/C9H16N2OS2.ClH/c12-9(8-1-2-10-8)11-5-7-6-13-3-4-14-7;/h7-8,10H,1-6H2,(H,11,12);1H/t7?,8-;/m1./s1. The van der Waals surface area contributed by atoms with Crippen molar-refractivity contribution in [2.24, 2.45) is 0 Å². The predicted molar refractivity (Wildman–Crippen MR) is 70.2 cm³/mol. The minimum absolute atomic E-state index is 0. The monoisotopic (exact) mass is 268 g/mol. The smallest absolute Gasteiger partial charge is 0.237 e. The highest BCUT2D eigenvalue weighted by atomic mass is 35.5. The molecule has 15 heavy (non-hydrogen) atoms. The molecule has 88 valence electrons. The van der Waals surface area contributed by atoms with Crippen LogP contribution in [0, 0.1) is 0 Å². The highest BCUT2D eigenvalue weighted by Crippen LogP contribution is 2.23. The van der Waals surface area contributed by atoms with Gasteiger partial charge in [0.2, 0.25) is 5.91 Å². The number of amides is 1. The SMILES string of the molecule is Cl.O=C(NCC1CSCCS1)[C@H]1CCN1. The van der Waals surface area contributed by atoms with Crippen molar-refractivity contribution in [2.45, 2.75) is 17.7 Å². The number of hydrogen-bond acceptors (Lipinski definition) is 4. The summed E-state index contributed by atoms with van der Waals surface area (Å²) in [6.45, 7) is 1.83. The van der Waals surface area contributed by atoms with Gasteiger partial charge in [-0.25, -0.2) is 0 Å². The Morgan fingerprint density at radius 1 is 1.47 bits per heavy atom. The molecule has 1 amide bonds. The van der Waals surface area contributed by atoms with Crippen LogP contribution in [0.5, 0.6) is 0 Å². The van der Waals surface area contributed by atoms with E-state index in [1.54, 1.807) is 0 Å². The van der Waals surface area contributed by atoms with E-state index in [1.807, 2.05) is 23.5 Å². The van der Waals surface area contributed by atoms with Crippen LogP contribution in [0.15, 0.2) is 0 Å². The van der Waals surface area contributed by atoms with Crippen molar-refractivity contribution in [1.82, 2.24) is 10.6 Å². The molecule has 6 heteroatoms. The van der Waals surface area contributed by atoms with E-state index in [1.165, 1.54) is 17.3 Å². The van der Waals surface area contributed by atoms with E-state index in [2.05, 4.69) is 10.6 Å². The van der Waals surface area contributed by atoms with Gasteiger partial charge in [0.15, 0.2) is 0 Å². The largest absolute Gasteiger partial charge is 0.354 e. The predicted octanol–water partition coefficient (Wildman–Crippen LogP) is 0.735. The van der Waals surface area contributed by atoms with Crippen LogP contribution in [-0.2, 0) is 4.79 Å². The van der Waals surface area contributed by atoms with Gasteiger partial charge in [-0.05, 0) is 13.0 Å². The minimum Gasteiger partial charge on any atom is -0.354 e. The zero-order valence-electron chi connectivity index (χ0n) is 8.53. The Balaban J connectivity index is 0.00000112. The van der Waals surface area contributed by atoms with Gasteiger partial charge >= 0.3 is 0 Å². The van der Waals surface area contributed by atoms with E-state index >= 15 is 0 Å². The third-order valence-electron chi connectivity index (χ3n) is 2.53. The van der Waals surface area contributed by atoms with Gasteiger partial charge in [0, 0.05) is 29.1 Å².